The summed E-state index contributed by atoms with van der Waals surface area (Å²) in [5, 5.41) is 34.7. The summed E-state index contributed by atoms with van der Waals surface area (Å²) < 4.78 is 12.9. The molecule has 6 fully saturated rings. The first-order chi connectivity index (χ1) is 18.6. The summed E-state index contributed by atoms with van der Waals surface area (Å²) >= 11 is 0. The number of carbonyl (C=O) groups is 1. The number of hydrogen-bond acceptors (Lipinski definition) is 6. The average Bonchev–Trinajstić information content (AvgIpc) is 3.17. The van der Waals surface area contributed by atoms with E-state index in [0.717, 1.165) is 57.8 Å². The molecule has 1 aliphatic heterocycles. The monoisotopic (exact) mass is 574 g/mol. The van der Waals surface area contributed by atoms with Crippen LogP contribution in [0.4, 0.5) is 0 Å². The lowest BCUT2D eigenvalue weighted by molar-refractivity contribution is -0.220. The lowest BCUT2D eigenvalue weighted by atomic mass is 9.41. The van der Waals surface area contributed by atoms with E-state index in [2.05, 4.69) is 34.6 Å². The van der Waals surface area contributed by atoms with Crippen molar-refractivity contribution in [2.75, 3.05) is 0 Å². The summed E-state index contributed by atoms with van der Waals surface area (Å²) in [4.78, 5) is 12.9. The number of fused-ring (bicyclic) bond motifs is 2. The SMILES string of the molecule is CC(C)(C)C(=O)OC1CCC23CC24CCC2(C)C([C@@]5(C)CCC(C(C)(C)O)O5)C(O)C[C@@]2(C)C4CC(O)[C@H]3C1(C)C. The maximum absolute atomic E-state index is 12.9. The van der Waals surface area contributed by atoms with Gasteiger partial charge in [-0.25, -0.2) is 0 Å². The minimum absolute atomic E-state index is 0.00162. The van der Waals surface area contributed by atoms with Gasteiger partial charge >= 0.3 is 5.97 Å². The van der Waals surface area contributed by atoms with E-state index in [9.17, 15) is 20.1 Å². The Labute approximate surface area is 248 Å². The summed E-state index contributed by atoms with van der Waals surface area (Å²) in [6.45, 7) is 20.9. The van der Waals surface area contributed by atoms with Crippen molar-refractivity contribution in [3.8, 4) is 0 Å². The van der Waals surface area contributed by atoms with Gasteiger partial charge in [0, 0.05) is 11.3 Å². The Morgan fingerprint density at radius 2 is 1.49 bits per heavy atom. The number of rotatable bonds is 3. The van der Waals surface area contributed by atoms with Crippen LogP contribution >= 0.6 is 0 Å². The minimum atomic E-state index is -0.905. The summed E-state index contributed by atoms with van der Waals surface area (Å²) in [6, 6.07) is 0. The molecule has 0 bridgehead atoms. The van der Waals surface area contributed by atoms with Crippen LogP contribution in [0.5, 0.6) is 0 Å². The van der Waals surface area contributed by atoms with Crippen molar-refractivity contribution in [2.45, 2.75) is 163 Å². The average molecular weight is 575 g/mol. The number of aliphatic hydroxyl groups is 3. The molecular formula is C35H58O6. The molecule has 1 saturated heterocycles. The Kier molecular flexibility index (Phi) is 6.30. The Hall–Kier alpha value is -0.690. The highest BCUT2D eigenvalue weighted by molar-refractivity contribution is 5.75. The first-order valence-corrected chi connectivity index (χ1v) is 16.6. The smallest absolute Gasteiger partial charge is 0.311 e. The molecule has 0 aromatic carbocycles. The van der Waals surface area contributed by atoms with Crippen LogP contribution in [0.1, 0.15) is 127 Å². The van der Waals surface area contributed by atoms with Crippen LogP contribution in [0.3, 0.4) is 0 Å². The fourth-order valence-corrected chi connectivity index (χ4v) is 12.6. The lowest BCUT2D eigenvalue weighted by Gasteiger charge is -2.64. The van der Waals surface area contributed by atoms with Crippen LogP contribution in [-0.2, 0) is 14.3 Å². The van der Waals surface area contributed by atoms with E-state index in [1.54, 1.807) is 0 Å². The summed E-state index contributed by atoms with van der Waals surface area (Å²) in [6.07, 6.45) is 7.04. The van der Waals surface area contributed by atoms with E-state index in [0.29, 0.717) is 5.92 Å². The molecule has 6 aliphatic rings. The fourth-order valence-electron chi connectivity index (χ4n) is 12.6. The first kappa shape index (κ1) is 30.3. The summed E-state index contributed by atoms with van der Waals surface area (Å²) in [5.74, 6) is 0.301. The quantitative estimate of drug-likeness (QED) is 0.356. The van der Waals surface area contributed by atoms with Gasteiger partial charge in [0.05, 0.1) is 34.9 Å². The molecular weight excluding hydrogens is 516 g/mol. The highest BCUT2D eigenvalue weighted by Gasteiger charge is 2.85. The van der Waals surface area contributed by atoms with Crippen LogP contribution in [0, 0.1) is 50.2 Å². The molecule has 2 spiro atoms. The molecule has 6 nitrogen and oxygen atoms in total. The molecule has 0 aromatic rings. The molecule has 6 heteroatoms. The molecule has 9 unspecified atom stereocenters. The normalized spacial score (nSPS) is 54.0. The van der Waals surface area contributed by atoms with Gasteiger partial charge in [-0.2, -0.15) is 0 Å². The third-order valence-electron chi connectivity index (χ3n) is 14.6. The van der Waals surface area contributed by atoms with Gasteiger partial charge < -0.3 is 24.8 Å². The topological polar surface area (TPSA) is 96.2 Å². The minimum Gasteiger partial charge on any atom is -0.461 e. The second kappa shape index (κ2) is 8.52. The Morgan fingerprint density at radius 1 is 0.829 bits per heavy atom. The predicted octanol–water partition coefficient (Wildman–Crippen LogP) is 6.03. The molecule has 234 valence electrons. The number of hydrogen-bond donors (Lipinski definition) is 3. The molecule has 1 heterocycles. The van der Waals surface area contributed by atoms with Crippen LogP contribution < -0.4 is 0 Å². The highest BCUT2D eigenvalue weighted by atomic mass is 16.5. The number of esters is 1. The van der Waals surface area contributed by atoms with Gasteiger partial charge in [-0.15, -0.1) is 0 Å². The van der Waals surface area contributed by atoms with Crippen LogP contribution in [0.2, 0.25) is 0 Å². The third-order valence-corrected chi connectivity index (χ3v) is 14.6. The zero-order valence-electron chi connectivity index (χ0n) is 27.5. The van der Waals surface area contributed by atoms with E-state index in [1.165, 1.54) is 0 Å². The predicted molar refractivity (Wildman–Crippen MR) is 158 cm³/mol. The largest absolute Gasteiger partial charge is 0.461 e. The van der Waals surface area contributed by atoms with Gasteiger partial charge in [0.15, 0.2) is 0 Å². The van der Waals surface area contributed by atoms with E-state index < -0.39 is 28.8 Å². The molecule has 0 aromatic heterocycles. The number of carbonyl (C=O) groups excluding carboxylic acids is 1. The second-order valence-corrected chi connectivity index (χ2v) is 18.5. The van der Waals surface area contributed by atoms with Crippen molar-refractivity contribution in [1.29, 1.82) is 0 Å². The lowest BCUT2D eigenvalue weighted by Crippen LogP contribution is -2.62. The molecule has 6 rings (SSSR count). The highest BCUT2D eigenvalue weighted by Crippen LogP contribution is 2.89. The molecule has 41 heavy (non-hydrogen) atoms. The fraction of sp³-hybridized carbons (Fsp3) is 0.971. The number of aliphatic hydroxyl groups excluding tert-OH is 2. The molecule has 5 saturated carbocycles. The molecule has 0 amide bonds. The van der Waals surface area contributed by atoms with Gasteiger partial charge in [-0.1, -0.05) is 27.7 Å². The van der Waals surface area contributed by atoms with Gasteiger partial charge in [0.25, 0.3) is 0 Å². The Bertz CT molecular complexity index is 1100. The van der Waals surface area contributed by atoms with E-state index in [1.807, 2.05) is 34.6 Å². The van der Waals surface area contributed by atoms with Gasteiger partial charge in [0.2, 0.25) is 0 Å². The molecule has 12 atom stereocenters. The van der Waals surface area contributed by atoms with Crippen LogP contribution in [-0.4, -0.2) is 56.9 Å². The van der Waals surface area contributed by atoms with Crippen LogP contribution in [0.25, 0.3) is 0 Å². The van der Waals surface area contributed by atoms with Crippen molar-refractivity contribution < 1.29 is 29.6 Å². The van der Waals surface area contributed by atoms with E-state index in [-0.39, 0.29) is 57.1 Å². The zero-order valence-corrected chi connectivity index (χ0v) is 27.5. The second-order valence-electron chi connectivity index (χ2n) is 18.5. The van der Waals surface area contributed by atoms with Crippen molar-refractivity contribution in [2.24, 2.45) is 50.2 Å². The van der Waals surface area contributed by atoms with Crippen molar-refractivity contribution >= 4 is 5.97 Å². The first-order valence-electron chi connectivity index (χ1n) is 16.6. The van der Waals surface area contributed by atoms with Gasteiger partial charge in [-0.3, -0.25) is 4.79 Å². The molecule has 5 aliphatic carbocycles. The van der Waals surface area contributed by atoms with Crippen molar-refractivity contribution in [1.82, 2.24) is 0 Å². The molecule has 0 radical (unpaired) electrons. The standard InChI is InChI=1S/C35H58O6/c1-28(2,3)27(38)40-23-12-14-35-19-34(35)16-15-31(8)26(33(10)13-11-24(41-33)30(6,7)39)21(37)18-32(31,9)22(34)17-20(36)25(35)29(23,4)5/h20-26,36-37,39H,11-19H2,1-10H3/t20?,21?,22?,23?,24?,25-,26?,31?,32-,33+,34?,35?/m0/s1. The van der Waals surface area contributed by atoms with Crippen molar-refractivity contribution in [3.05, 3.63) is 0 Å². The van der Waals surface area contributed by atoms with E-state index in [4.69, 9.17) is 9.47 Å². The summed E-state index contributed by atoms with van der Waals surface area (Å²) in [7, 11) is 0. The van der Waals surface area contributed by atoms with Gasteiger partial charge in [0.1, 0.15) is 6.10 Å². The third kappa shape index (κ3) is 3.78. The Balaban J connectivity index is 1.31. The summed E-state index contributed by atoms with van der Waals surface area (Å²) in [5.41, 5.74) is -2.19. The van der Waals surface area contributed by atoms with Crippen LogP contribution in [0.15, 0.2) is 0 Å². The zero-order chi connectivity index (χ0) is 30.4. The number of ether oxygens (including phenoxy) is 2. The maximum Gasteiger partial charge on any atom is 0.311 e. The molecule has 3 N–H and O–H groups in total. The van der Waals surface area contributed by atoms with Crippen molar-refractivity contribution in [3.63, 3.8) is 0 Å². The maximum atomic E-state index is 12.9. The van der Waals surface area contributed by atoms with Gasteiger partial charge in [-0.05, 0) is 133 Å². The van der Waals surface area contributed by atoms with E-state index >= 15 is 0 Å². The Morgan fingerprint density at radius 3 is 2.07 bits per heavy atom.